The largest absolute Gasteiger partial charge is 0.399 e. The molecule has 0 saturated heterocycles. The Bertz CT molecular complexity index is 396. The van der Waals surface area contributed by atoms with E-state index >= 15 is 0 Å². The second-order valence-electron chi connectivity index (χ2n) is 4.20. The molecule has 0 unspecified atom stereocenters. The van der Waals surface area contributed by atoms with Crippen LogP contribution in [0.4, 0.5) is 11.4 Å². The molecule has 0 aromatic heterocycles. The van der Waals surface area contributed by atoms with Crippen molar-refractivity contribution in [3.8, 4) is 0 Å². The van der Waals surface area contributed by atoms with Gasteiger partial charge in [0.1, 0.15) is 0 Å². The van der Waals surface area contributed by atoms with Gasteiger partial charge in [0.05, 0.1) is 16.5 Å². The van der Waals surface area contributed by atoms with Crippen LogP contribution in [0.3, 0.4) is 0 Å². The van der Waals surface area contributed by atoms with Gasteiger partial charge in [-0.3, -0.25) is 4.79 Å². The molecule has 0 saturated carbocycles. The first-order chi connectivity index (χ1) is 7.99. The zero-order valence-electron chi connectivity index (χ0n) is 10.00. The lowest BCUT2D eigenvalue weighted by Crippen LogP contribution is -2.15. The summed E-state index contributed by atoms with van der Waals surface area (Å²) in [4.78, 5) is 11.6. The van der Waals surface area contributed by atoms with Gasteiger partial charge in [-0.1, -0.05) is 25.4 Å². The summed E-state index contributed by atoms with van der Waals surface area (Å²) in [6, 6.07) is 5.05. The first-order valence-electron chi connectivity index (χ1n) is 5.41. The van der Waals surface area contributed by atoms with Crippen molar-refractivity contribution in [2.75, 3.05) is 22.6 Å². The second-order valence-corrected chi connectivity index (χ2v) is 5.63. The topological polar surface area (TPSA) is 55.1 Å². The van der Waals surface area contributed by atoms with Crippen molar-refractivity contribution >= 4 is 40.6 Å². The van der Waals surface area contributed by atoms with Gasteiger partial charge in [-0.15, -0.1) is 0 Å². The molecule has 0 bridgehead atoms. The van der Waals surface area contributed by atoms with Crippen LogP contribution in [0.5, 0.6) is 0 Å². The maximum atomic E-state index is 11.6. The molecule has 94 valence electrons. The van der Waals surface area contributed by atoms with E-state index in [0.29, 0.717) is 28.1 Å². The van der Waals surface area contributed by atoms with Crippen LogP contribution in [0.25, 0.3) is 0 Å². The predicted octanol–water partition coefficient (Wildman–Crippen LogP) is 3.25. The van der Waals surface area contributed by atoms with Crippen LogP contribution in [-0.2, 0) is 4.79 Å². The molecule has 0 aliphatic rings. The third-order valence-corrected chi connectivity index (χ3v) is 3.63. The van der Waals surface area contributed by atoms with Crippen molar-refractivity contribution in [2.45, 2.75) is 13.8 Å². The number of nitrogens with two attached hydrogens (primary N) is 1. The molecular weight excluding hydrogens is 256 g/mol. The summed E-state index contributed by atoms with van der Waals surface area (Å²) in [5, 5.41) is 3.23. The number of carbonyl (C=O) groups is 1. The second kappa shape index (κ2) is 6.77. The zero-order chi connectivity index (χ0) is 12.8. The number of rotatable bonds is 5. The van der Waals surface area contributed by atoms with E-state index in [1.165, 1.54) is 0 Å². The Kier molecular flexibility index (Phi) is 5.65. The smallest absolute Gasteiger partial charge is 0.234 e. The Hall–Kier alpha value is -0.870. The van der Waals surface area contributed by atoms with E-state index in [1.54, 1.807) is 30.0 Å². The number of halogens is 1. The summed E-state index contributed by atoms with van der Waals surface area (Å²) in [6.07, 6.45) is 0. The summed E-state index contributed by atoms with van der Waals surface area (Å²) >= 11 is 7.57. The summed E-state index contributed by atoms with van der Waals surface area (Å²) in [7, 11) is 0. The van der Waals surface area contributed by atoms with Crippen LogP contribution < -0.4 is 11.1 Å². The standard InChI is InChI=1S/C12H17ClN2OS/c1-8(2)6-17-7-12(16)15-11-4-3-9(14)5-10(11)13/h3-5,8H,6-7,14H2,1-2H3,(H,15,16). The Balaban J connectivity index is 2.45. The van der Waals surface area contributed by atoms with Crippen LogP contribution in [0.1, 0.15) is 13.8 Å². The van der Waals surface area contributed by atoms with Gasteiger partial charge in [0.2, 0.25) is 5.91 Å². The average Bonchev–Trinajstić information content (AvgIpc) is 2.21. The van der Waals surface area contributed by atoms with E-state index in [0.717, 1.165) is 5.75 Å². The first kappa shape index (κ1) is 14.2. The normalized spacial score (nSPS) is 10.6. The lowest BCUT2D eigenvalue weighted by atomic mass is 10.3. The monoisotopic (exact) mass is 272 g/mol. The molecule has 1 amide bonds. The maximum Gasteiger partial charge on any atom is 0.234 e. The van der Waals surface area contributed by atoms with Gasteiger partial charge in [-0.05, 0) is 29.9 Å². The van der Waals surface area contributed by atoms with Gasteiger partial charge in [-0.2, -0.15) is 11.8 Å². The number of anilines is 2. The molecule has 1 rings (SSSR count). The van der Waals surface area contributed by atoms with Gasteiger partial charge in [0.15, 0.2) is 0 Å². The Morgan fingerprint density at radius 2 is 2.24 bits per heavy atom. The molecule has 1 aromatic rings. The Labute approximate surface area is 111 Å². The number of nitrogens with one attached hydrogen (secondary N) is 1. The minimum Gasteiger partial charge on any atom is -0.399 e. The third kappa shape index (κ3) is 5.33. The number of carbonyl (C=O) groups excluding carboxylic acids is 1. The molecule has 3 N–H and O–H groups in total. The molecule has 0 atom stereocenters. The third-order valence-electron chi connectivity index (χ3n) is 1.95. The molecule has 0 aliphatic carbocycles. The fraction of sp³-hybridized carbons (Fsp3) is 0.417. The fourth-order valence-corrected chi connectivity index (χ4v) is 2.29. The first-order valence-corrected chi connectivity index (χ1v) is 6.95. The highest BCUT2D eigenvalue weighted by Crippen LogP contribution is 2.24. The number of amides is 1. The highest BCUT2D eigenvalue weighted by molar-refractivity contribution is 7.99. The molecule has 5 heteroatoms. The quantitative estimate of drug-likeness (QED) is 0.809. The van der Waals surface area contributed by atoms with Crippen molar-refractivity contribution < 1.29 is 4.79 Å². The fourth-order valence-electron chi connectivity index (χ4n) is 1.21. The highest BCUT2D eigenvalue weighted by atomic mass is 35.5. The molecule has 0 fully saturated rings. The summed E-state index contributed by atoms with van der Waals surface area (Å²) < 4.78 is 0. The number of hydrogen-bond donors (Lipinski definition) is 2. The van der Waals surface area contributed by atoms with Gasteiger partial charge >= 0.3 is 0 Å². The molecular formula is C12H17ClN2OS. The predicted molar refractivity (Wildman–Crippen MR) is 76.7 cm³/mol. The van der Waals surface area contributed by atoms with Crippen molar-refractivity contribution in [3.63, 3.8) is 0 Å². The Morgan fingerprint density at radius 3 is 2.82 bits per heavy atom. The van der Waals surface area contributed by atoms with Crippen molar-refractivity contribution in [2.24, 2.45) is 5.92 Å². The molecule has 1 aromatic carbocycles. The maximum absolute atomic E-state index is 11.6. The minimum absolute atomic E-state index is 0.0395. The summed E-state index contributed by atoms with van der Waals surface area (Å²) in [5.41, 5.74) is 6.76. The van der Waals surface area contributed by atoms with Gasteiger partial charge in [0.25, 0.3) is 0 Å². The van der Waals surface area contributed by atoms with E-state index < -0.39 is 0 Å². The highest BCUT2D eigenvalue weighted by Gasteiger charge is 2.06. The van der Waals surface area contributed by atoms with Crippen LogP contribution >= 0.6 is 23.4 Å². The molecule has 0 aliphatic heterocycles. The van der Waals surface area contributed by atoms with Gasteiger partial charge in [0, 0.05) is 5.69 Å². The number of nitrogen functional groups attached to an aromatic ring is 1. The summed E-state index contributed by atoms with van der Waals surface area (Å²) in [6.45, 7) is 4.25. The molecule has 0 heterocycles. The average molecular weight is 273 g/mol. The SMILES string of the molecule is CC(C)CSCC(=O)Nc1ccc(N)cc1Cl. The van der Waals surface area contributed by atoms with Crippen molar-refractivity contribution in [1.29, 1.82) is 0 Å². The van der Waals surface area contributed by atoms with E-state index in [2.05, 4.69) is 19.2 Å². The van der Waals surface area contributed by atoms with Gasteiger partial charge in [-0.25, -0.2) is 0 Å². The van der Waals surface area contributed by atoms with E-state index in [-0.39, 0.29) is 5.91 Å². The van der Waals surface area contributed by atoms with E-state index in [4.69, 9.17) is 17.3 Å². The molecule has 17 heavy (non-hydrogen) atoms. The molecule has 0 radical (unpaired) electrons. The lowest BCUT2D eigenvalue weighted by Gasteiger charge is -2.08. The van der Waals surface area contributed by atoms with Crippen LogP contribution in [0, 0.1) is 5.92 Å². The van der Waals surface area contributed by atoms with Crippen LogP contribution in [0.15, 0.2) is 18.2 Å². The molecule has 3 nitrogen and oxygen atoms in total. The zero-order valence-corrected chi connectivity index (χ0v) is 11.6. The van der Waals surface area contributed by atoms with Crippen LogP contribution in [-0.4, -0.2) is 17.4 Å². The van der Waals surface area contributed by atoms with Crippen LogP contribution in [0.2, 0.25) is 5.02 Å². The summed E-state index contributed by atoms with van der Waals surface area (Å²) in [5.74, 6) is 1.97. The number of thioether (sulfide) groups is 1. The Morgan fingerprint density at radius 1 is 1.53 bits per heavy atom. The minimum atomic E-state index is -0.0395. The van der Waals surface area contributed by atoms with Crippen molar-refractivity contribution in [1.82, 2.24) is 0 Å². The number of hydrogen-bond acceptors (Lipinski definition) is 3. The van der Waals surface area contributed by atoms with Crippen molar-refractivity contribution in [3.05, 3.63) is 23.2 Å². The van der Waals surface area contributed by atoms with Gasteiger partial charge < -0.3 is 11.1 Å². The van der Waals surface area contributed by atoms with E-state index in [9.17, 15) is 4.79 Å². The number of benzene rings is 1. The molecule has 0 spiro atoms. The van der Waals surface area contributed by atoms with E-state index in [1.807, 2.05) is 0 Å². The lowest BCUT2D eigenvalue weighted by molar-refractivity contribution is -0.113.